The molecule has 3 atom stereocenters. The maximum absolute atomic E-state index is 11.8. The highest BCUT2D eigenvalue weighted by atomic mass is 16.3. The molecule has 88 valence electrons. The summed E-state index contributed by atoms with van der Waals surface area (Å²) in [6, 6.07) is 0.0168. The monoisotopic (exact) mass is 214 g/mol. The van der Waals surface area contributed by atoms with Crippen molar-refractivity contribution >= 4 is 5.91 Å². The molecule has 0 saturated heterocycles. The maximum Gasteiger partial charge on any atom is 0.224 e. The molecule has 0 aromatic rings. The van der Waals surface area contributed by atoms with E-state index in [0.717, 1.165) is 25.7 Å². The number of rotatable bonds is 4. The van der Waals surface area contributed by atoms with Crippen LogP contribution in [0.2, 0.25) is 0 Å². The molecule has 1 fully saturated rings. The summed E-state index contributed by atoms with van der Waals surface area (Å²) in [5, 5.41) is 11.7. The third-order valence-electron chi connectivity index (χ3n) is 3.09. The first-order chi connectivity index (χ1) is 7.15. The van der Waals surface area contributed by atoms with Crippen molar-refractivity contribution in [3.63, 3.8) is 0 Å². The average Bonchev–Trinajstić information content (AvgIpc) is 2.26. The zero-order chi connectivity index (χ0) is 11.3. The quantitative estimate of drug-likeness (QED) is 0.628. The fourth-order valence-electron chi connectivity index (χ4n) is 1.96. The van der Waals surface area contributed by atoms with Crippen LogP contribution >= 0.6 is 0 Å². The van der Waals surface area contributed by atoms with Crippen molar-refractivity contribution in [2.75, 3.05) is 13.2 Å². The molecular formula is C11H22N2O2. The Bertz CT molecular complexity index is 209. The van der Waals surface area contributed by atoms with Crippen molar-refractivity contribution < 1.29 is 9.90 Å². The predicted octanol–water partition coefficient (Wildman–Crippen LogP) is 0.248. The van der Waals surface area contributed by atoms with E-state index < -0.39 is 0 Å². The van der Waals surface area contributed by atoms with E-state index in [1.54, 1.807) is 0 Å². The third kappa shape index (κ3) is 3.80. The number of amides is 1. The molecule has 0 aromatic heterocycles. The van der Waals surface area contributed by atoms with Crippen LogP contribution in [-0.2, 0) is 4.79 Å². The van der Waals surface area contributed by atoms with Crippen molar-refractivity contribution in [3.8, 4) is 0 Å². The topological polar surface area (TPSA) is 75.3 Å². The van der Waals surface area contributed by atoms with Crippen molar-refractivity contribution in [2.24, 2.45) is 17.6 Å². The van der Waals surface area contributed by atoms with Crippen LogP contribution in [0, 0.1) is 11.8 Å². The summed E-state index contributed by atoms with van der Waals surface area (Å²) >= 11 is 0. The largest absolute Gasteiger partial charge is 0.396 e. The number of hydrogen-bond acceptors (Lipinski definition) is 3. The molecule has 0 aliphatic heterocycles. The third-order valence-corrected chi connectivity index (χ3v) is 3.09. The first-order valence-corrected chi connectivity index (χ1v) is 5.79. The van der Waals surface area contributed by atoms with Gasteiger partial charge in [0.1, 0.15) is 0 Å². The van der Waals surface area contributed by atoms with E-state index in [-0.39, 0.29) is 30.4 Å². The molecule has 3 unspecified atom stereocenters. The molecular weight excluding hydrogens is 192 g/mol. The van der Waals surface area contributed by atoms with Gasteiger partial charge in [0.25, 0.3) is 0 Å². The Morgan fingerprint density at radius 1 is 1.53 bits per heavy atom. The number of aliphatic hydroxyl groups excluding tert-OH is 1. The Morgan fingerprint density at radius 2 is 2.20 bits per heavy atom. The molecule has 1 aliphatic rings. The number of aliphatic hydroxyl groups is 1. The highest BCUT2D eigenvalue weighted by Gasteiger charge is 2.27. The molecule has 0 bridgehead atoms. The predicted molar refractivity (Wildman–Crippen MR) is 59.2 cm³/mol. The first-order valence-electron chi connectivity index (χ1n) is 5.79. The van der Waals surface area contributed by atoms with Crippen molar-refractivity contribution in [1.82, 2.24) is 5.32 Å². The Hall–Kier alpha value is -0.610. The lowest BCUT2D eigenvalue weighted by Gasteiger charge is -2.27. The van der Waals surface area contributed by atoms with Crippen LogP contribution in [0.25, 0.3) is 0 Å². The van der Waals surface area contributed by atoms with Crippen molar-refractivity contribution in [2.45, 2.75) is 38.6 Å². The summed E-state index contributed by atoms with van der Waals surface area (Å²) < 4.78 is 0. The molecule has 4 heteroatoms. The number of carbonyl (C=O) groups excluding carboxylic acids is 1. The van der Waals surface area contributed by atoms with Crippen LogP contribution in [0.4, 0.5) is 0 Å². The Morgan fingerprint density at radius 3 is 2.80 bits per heavy atom. The lowest BCUT2D eigenvalue weighted by atomic mass is 9.84. The van der Waals surface area contributed by atoms with Crippen LogP contribution in [0.5, 0.6) is 0 Å². The van der Waals surface area contributed by atoms with E-state index in [4.69, 9.17) is 10.8 Å². The van der Waals surface area contributed by atoms with Gasteiger partial charge in [0, 0.05) is 19.2 Å². The minimum absolute atomic E-state index is 0.0168. The van der Waals surface area contributed by atoms with Gasteiger partial charge >= 0.3 is 0 Å². The van der Waals surface area contributed by atoms with Gasteiger partial charge in [-0.1, -0.05) is 19.8 Å². The van der Waals surface area contributed by atoms with Crippen LogP contribution in [-0.4, -0.2) is 30.2 Å². The van der Waals surface area contributed by atoms with E-state index in [1.165, 1.54) is 0 Å². The number of carbonyl (C=O) groups is 1. The first kappa shape index (κ1) is 12.5. The Kier molecular flexibility index (Phi) is 5.05. The molecule has 1 aliphatic carbocycles. The zero-order valence-corrected chi connectivity index (χ0v) is 9.41. The molecule has 1 amide bonds. The molecule has 0 spiro atoms. The second-order valence-corrected chi connectivity index (χ2v) is 4.59. The van der Waals surface area contributed by atoms with Crippen LogP contribution in [0.15, 0.2) is 0 Å². The highest BCUT2D eigenvalue weighted by molar-refractivity contribution is 5.79. The minimum Gasteiger partial charge on any atom is -0.396 e. The van der Waals surface area contributed by atoms with Crippen LogP contribution < -0.4 is 11.1 Å². The van der Waals surface area contributed by atoms with Crippen molar-refractivity contribution in [3.05, 3.63) is 0 Å². The summed E-state index contributed by atoms with van der Waals surface area (Å²) in [6.07, 6.45) is 4.09. The van der Waals surface area contributed by atoms with Gasteiger partial charge in [-0.25, -0.2) is 0 Å². The van der Waals surface area contributed by atoms with E-state index in [1.807, 2.05) is 6.92 Å². The molecule has 1 rings (SSSR count). The normalized spacial score (nSPS) is 28.5. The number of nitrogens with one attached hydrogen (secondary N) is 1. The van der Waals surface area contributed by atoms with Gasteiger partial charge in [0.2, 0.25) is 5.91 Å². The van der Waals surface area contributed by atoms with Gasteiger partial charge in [-0.3, -0.25) is 4.79 Å². The molecule has 1 saturated carbocycles. The van der Waals surface area contributed by atoms with E-state index in [0.29, 0.717) is 6.54 Å². The Balaban J connectivity index is 2.32. The summed E-state index contributed by atoms with van der Waals surface area (Å²) in [5.74, 6) is 0.154. The number of hydrogen-bond donors (Lipinski definition) is 3. The standard InChI is InChI=1S/C11H22N2O2/c1-8(7-14)6-13-11(15)9-4-2-3-5-10(9)12/h8-10,14H,2-7,12H2,1H3,(H,13,15). The maximum atomic E-state index is 11.8. The summed E-state index contributed by atoms with van der Waals surface area (Å²) in [7, 11) is 0. The lowest BCUT2D eigenvalue weighted by molar-refractivity contribution is -0.126. The fraction of sp³-hybridized carbons (Fsp3) is 0.909. The van der Waals surface area contributed by atoms with E-state index in [2.05, 4.69) is 5.32 Å². The summed E-state index contributed by atoms with van der Waals surface area (Å²) in [6.45, 7) is 2.55. The van der Waals surface area contributed by atoms with Gasteiger partial charge in [-0.15, -0.1) is 0 Å². The van der Waals surface area contributed by atoms with Crippen LogP contribution in [0.3, 0.4) is 0 Å². The lowest BCUT2D eigenvalue weighted by Crippen LogP contribution is -2.44. The fourth-order valence-corrected chi connectivity index (χ4v) is 1.96. The molecule has 0 radical (unpaired) electrons. The second-order valence-electron chi connectivity index (χ2n) is 4.59. The van der Waals surface area contributed by atoms with Gasteiger partial charge < -0.3 is 16.2 Å². The molecule has 15 heavy (non-hydrogen) atoms. The SMILES string of the molecule is CC(CO)CNC(=O)C1CCCCC1N. The van der Waals surface area contributed by atoms with Gasteiger partial charge in [0.05, 0.1) is 5.92 Å². The highest BCUT2D eigenvalue weighted by Crippen LogP contribution is 2.22. The molecule has 4 N–H and O–H groups in total. The van der Waals surface area contributed by atoms with Gasteiger partial charge in [-0.2, -0.15) is 0 Å². The Labute approximate surface area is 91.2 Å². The summed E-state index contributed by atoms with van der Waals surface area (Å²) in [4.78, 5) is 11.8. The summed E-state index contributed by atoms with van der Waals surface area (Å²) in [5.41, 5.74) is 5.91. The zero-order valence-electron chi connectivity index (χ0n) is 9.41. The molecule has 0 heterocycles. The minimum atomic E-state index is -0.0235. The van der Waals surface area contributed by atoms with Crippen LogP contribution in [0.1, 0.15) is 32.6 Å². The van der Waals surface area contributed by atoms with E-state index >= 15 is 0 Å². The van der Waals surface area contributed by atoms with E-state index in [9.17, 15) is 4.79 Å². The second kappa shape index (κ2) is 6.08. The van der Waals surface area contributed by atoms with Gasteiger partial charge in [0.15, 0.2) is 0 Å². The van der Waals surface area contributed by atoms with Crippen molar-refractivity contribution in [1.29, 1.82) is 0 Å². The average molecular weight is 214 g/mol. The van der Waals surface area contributed by atoms with Gasteiger partial charge in [-0.05, 0) is 18.8 Å². The molecule has 0 aromatic carbocycles. The smallest absolute Gasteiger partial charge is 0.224 e. The number of nitrogens with two attached hydrogens (primary N) is 1. The molecule has 4 nitrogen and oxygen atoms in total.